The van der Waals surface area contributed by atoms with Crippen LogP contribution in [0.15, 0.2) is 86.6 Å². The Hall–Kier alpha value is -3.75. The van der Waals surface area contributed by atoms with Gasteiger partial charge in [0.1, 0.15) is 11.5 Å². The van der Waals surface area contributed by atoms with Crippen molar-refractivity contribution in [1.29, 1.82) is 0 Å². The third-order valence-corrected chi connectivity index (χ3v) is 8.29. The molecule has 2 heterocycles. The molecule has 0 unspecified atom stereocenters. The number of esters is 1. The summed E-state index contributed by atoms with van der Waals surface area (Å²) in [5, 5.41) is 0. The van der Waals surface area contributed by atoms with E-state index in [1.165, 1.54) is 23.8 Å². The van der Waals surface area contributed by atoms with Gasteiger partial charge in [-0.25, -0.2) is 4.99 Å². The SMILES string of the molecule is COc1ccc([C@@H]2C3=C(N=c4s/c(=C/c5cc(Br)ccc5OC(C)=O)c(=O)n42)c2ccccc2CC3)cc1. The normalized spacial score (nSPS) is 16.3. The van der Waals surface area contributed by atoms with Crippen molar-refractivity contribution in [3.05, 3.63) is 119 Å². The number of carbonyl (C=O) groups is 1. The second-order valence-electron chi connectivity index (χ2n) is 9.16. The van der Waals surface area contributed by atoms with Crippen LogP contribution in [-0.4, -0.2) is 17.6 Å². The lowest BCUT2D eigenvalue weighted by Crippen LogP contribution is -2.38. The monoisotopic (exact) mass is 586 g/mol. The summed E-state index contributed by atoms with van der Waals surface area (Å²) in [6, 6.07) is 21.3. The standard InChI is InChI=1S/C30H23BrN2O4S/c1-17(34)37-25-14-10-21(31)15-20(25)16-26-29(35)33-28(19-7-11-22(36-2)12-8-19)24-13-9-18-5-3-4-6-23(18)27(24)32-30(33)38-26/h3-8,10-12,14-16,28H,9,13H2,1-2H3/b26-16+/t28-/m1/s1. The number of hydrogen-bond donors (Lipinski definition) is 0. The molecular weight excluding hydrogens is 564 g/mol. The fourth-order valence-corrected chi connectivity index (χ4v) is 6.50. The van der Waals surface area contributed by atoms with E-state index in [-0.39, 0.29) is 11.6 Å². The van der Waals surface area contributed by atoms with Crippen LogP contribution in [0.2, 0.25) is 0 Å². The highest BCUT2D eigenvalue weighted by atomic mass is 79.9. The quantitative estimate of drug-likeness (QED) is 0.249. The summed E-state index contributed by atoms with van der Waals surface area (Å²) in [4.78, 5) is 31.3. The van der Waals surface area contributed by atoms with Crippen LogP contribution in [0.4, 0.5) is 0 Å². The molecule has 0 amide bonds. The summed E-state index contributed by atoms with van der Waals surface area (Å²) in [7, 11) is 1.64. The largest absolute Gasteiger partial charge is 0.497 e. The minimum absolute atomic E-state index is 0.131. The van der Waals surface area contributed by atoms with Crippen molar-refractivity contribution in [2.24, 2.45) is 4.99 Å². The van der Waals surface area contributed by atoms with Gasteiger partial charge >= 0.3 is 5.97 Å². The summed E-state index contributed by atoms with van der Waals surface area (Å²) in [5.74, 6) is 0.734. The first-order valence-electron chi connectivity index (χ1n) is 12.2. The van der Waals surface area contributed by atoms with Crippen LogP contribution in [0.3, 0.4) is 0 Å². The van der Waals surface area contributed by atoms with Gasteiger partial charge in [0.05, 0.1) is 23.4 Å². The Morgan fingerprint density at radius 3 is 2.66 bits per heavy atom. The molecule has 0 saturated carbocycles. The zero-order valence-corrected chi connectivity index (χ0v) is 23.1. The van der Waals surface area contributed by atoms with Gasteiger partial charge in [0.25, 0.3) is 5.56 Å². The highest BCUT2D eigenvalue weighted by Gasteiger charge is 2.32. The van der Waals surface area contributed by atoms with Crippen molar-refractivity contribution in [1.82, 2.24) is 4.57 Å². The Bertz CT molecular complexity index is 1800. The Morgan fingerprint density at radius 1 is 1.11 bits per heavy atom. The molecule has 1 aliphatic heterocycles. The van der Waals surface area contributed by atoms with E-state index in [4.69, 9.17) is 14.5 Å². The van der Waals surface area contributed by atoms with Gasteiger partial charge in [0.2, 0.25) is 0 Å². The van der Waals surface area contributed by atoms with Crippen LogP contribution >= 0.6 is 27.3 Å². The zero-order valence-electron chi connectivity index (χ0n) is 20.7. The number of benzene rings is 3. The number of fused-ring (bicyclic) bond motifs is 3. The molecule has 190 valence electrons. The number of allylic oxidation sites excluding steroid dienone is 1. The molecule has 4 aromatic rings. The van der Waals surface area contributed by atoms with Gasteiger partial charge in [-0.3, -0.25) is 14.2 Å². The van der Waals surface area contributed by atoms with E-state index >= 15 is 0 Å². The lowest BCUT2D eigenvalue weighted by molar-refractivity contribution is -0.131. The number of carbonyl (C=O) groups excluding carboxylic acids is 1. The topological polar surface area (TPSA) is 69.9 Å². The summed E-state index contributed by atoms with van der Waals surface area (Å²) < 4.78 is 13.9. The molecular formula is C30H23BrN2O4S. The minimum atomic E-state index is -0.422. The van der Waals surface area contributed by atoms with E-state index in [2.05, 4.69) is 34.1 Å². The Labute approximate surface area is 231 Å². The Balaban J connectivity index is 1.59. The smallest absolute Gasteiger partial charge is 0.308 e. The zero-order chi connectivity index (χ0) is 26.4. The van der Waals surface area contributed by atoms with Crippen LogP contribution < -0.4 is 24.4 Å². The molecule has 1 aliphatic carbocycles. The van der Waals surface area contributed by atoms with Gasteiger partial charge in [0.15, 0.2) is 4.80 Å². The van der Waals surface area contributed by atoms with E-state index in [1.807, 2.05) is 36.4 Å². The predicted molar refractivity (Wildman–Crippen MR) is 151 cm³/mol. The van der Waals surface area contributed by atoms with Crippen molar-refractivity contribution in [3.63, 3.8) is 0 Å². The summed E-state index contributed by atoms with van der Waals surface area (Å²) >= 11 is 4.82. The fraction of sp³-hybridized carbons (Fsp3) is 0.167. The van der Waals surface area contributed by atoms with Crippen molar-refractivity contribution >= 4 is 45.0 Å². The number of ether oxygens (including phenoxy) is 2. The van der Waals surface area contributed by atoms with Crippen LogP contribution in [0.1, 0.15) is 41.6 Å². The lowest BCUT2D eigenvalue weighted by Gasteiger charge is -2.30. The van der Waals surface area contributed by atoms with E-state index in [0.717, 1.165) is 45.5 Å². The van der Waals surface area contributed by atoms with Crippen molar-refractivity contribution in [3.8, 4) is 11.5 Å². The van der Waals surface area contributed by atoms with Gasteiger partial charge in [-0.05, 0) is 65.9 Å². The highest BCUT2D eigenvalue weighted by Crippen LogP contribution is 2.41. The molecule has 3 aromatic carbocycles. The second kappa shape index (κ2) is 9.85. The maximum absolute atomic E-state index is 14.0. The van der Waals surface area contributed by atoms with Gasteiger partial charge in [-0.2, -0.15) is 0 Å². The summed E-state index contributed by atoms with van der Waals surface area (Å²) in [6.07, 6.45) is 3.48. The van der Waals surface area contributed by atoms with Crippen molar-refractivity contribution < 1.29 is 14.3 Å². The van der Waals surface area contributed by atoms with E-state index < -0.39 is 5.97 Å². The third-order valence-electron chi connectivity index (χ3n) is 6.82. The molecule has 1 aromatic heterocycles. The first-order valence-corrected chi connectivity index (χ1v) is 13.8. The number of aromatic nitrogens is 1. The molecule has 0 N–H and O–H groups in total. The number of methoxy groups -OCH3 is 1. The predicted octanol–water partition coefficient (Wildman–Crippen LogP) is 5.02. The number of hydrogen-bond acceptors (Lipinski definition) is 6. The highest BCUT2D eigenvalue weighted by molar-refractivity contribution is 9.10. The number of halogens is 1. The molecule has 8 heteroatoms. The maximum atomic E-state index is 14.0. The summed E-state index contributed by atoms with van der Waals surface area (Å²) in [6.45, 7) is 1.36. The third kappa shape index (κ3) is 4.33. The average molecular weight is 587 g/mol. The van der Waals surface area contributed by atoms with Crippen molar-refractivity contribution in [2.75, 3.05) is 7.11 Å². The van der Waals surface area contributed by atoms with Crippen LogP contribution in [-0.2, 0) is 11.2 Å². The van der Waals surface area contributed by atoms with Crippen LogP contribution in [0, 0.1) is 0 Å². The molecule has 2 aliphatic rings. The van der Waals surface area contributed by atoms with Gasteiger partial charge in [0, 0.05) is 22.5 Å². The number of thiazole rings is 1. The molecule has 6 rings (SSSR count). The molecule has 0 radical (unpaired) electrons. The molecule has 0 fully saturated rings. The molecule has 0 saturated heterocycles. The molecule has 0 bridgehead atoms. The fourth-order valence-electron chi connectivity index (χ4n) is 5.13. The van der Waals surface area contributed by atoms with Gasteiger partial charge in [-0.15, -0.1) is 0 Å². The van der Waals surface area contributed by atoms with Crippen LogP contribution in [0.5, 0.6) is 11.5 Å². The molecule has 6 nitrogen and oxygen atoms in total. The van der Waals surface area contributed by atoms with Crippen LogP contribution in [0.25, 0.3) is 11.8 Å². The summed E-state index contributed by atoms with van der Waals surface area (Å²) in [5.41, 5.74) is 5.98. The van der Waals surface area contributed by atoms with Gasteiger partial charge in [-0.1, -0.05) is 63.7 Å². The number of rotatable bonds is 4. The molecule has 38 heavy (non-hydrogen) atoms. The molecule has 1 atom stereocenters. The second-order valence-corrected chi connectivity index (χ2v) is 11.1. The number of aryl methyl sites for hydroxylation is 1. The van der Waals surface area contributed by atoms with E-state index in [9.17, 15) is 9.59 Å². The van der Waals surface area contributed by atoms with E-state index in [0.29, 0.717) is 20.6 Å². The maximum Gasteiger partial charge on any atom is 0.308 e. The minimum Gasteiger partial charge on any atom is -0.497 e. The van der Waals surface area contributed by atoms with E-state index in [1.54, 1.807) is 29.9 Å². The number of nitrogens with zero attached hydrogens (tertiary/aromatic N) is 2. The Morgan fingerprint density at radius 2 is 1.89 bits per heavy atom. The van der Waals surface area contributed by atoms with Gasteiger partial charge < -0.3 is 9.47 Å². The first-order chi connectivity index (χ1) is 18.4. The first kappa shape index (κ1) is 24.6. The molecule has 0 spiro atoms. The van der Waals surface area contributed by atoms with Crippen molar-refractivity contribution in [2.45, 2.75) is 25.8 Å². The average Bonchev–Trinajstić information content (AvgIpc) is 3.23. The Kier molecular flexibility index (Phi) is 6.37. The lowest BCUT2D eigenvalue weighted by atomic mass is 9.83.